The lowest BCUT2D eigenvalue weighted by Gasteiger charge is -2.06. The van der Waals surface area contributed by atoms with Crippen LogP contribution in [-0.4, -0.2) is 20.9 Å². The first-order chi connectivity index (χ1) is 10.4. The Morgan fingerprint density at radius 3 is 2.23 bits per heavy atom. The number of hydrogen-bond acceptors (Lipinski definition) is 7. The third kappa shape index (κ3) is 2.98. The molecule has 0 unspecified atom stereocenters. The third-order valence-electron chi connectivity index (χ3n) is 2.66. The standard InChI is InChI=1S/C13H8N2O7/c16-12-10(15(20)21)6-9(14(18)19)7-11(12)22-13(17)8-4-2-1-3-5-8/h1-7,16H. The van der Waals surface area contributed by atoms with Crippen LogP contribution in [0.5, 0.6) is 11.5 Å². The molecule has 0 saturated heterocycles. The molecule has 9 nitrogen and oxygen atoms in total. The second kappa shape index (κ2) is 5.87. The number of esters is 1. The van der Waals surface area contributed by atoms with Crippen LogP contribution >= 0.6 is 0 Å². The van der Waals surface area contributed by atoms with Crippen molar-refractivity contribution in [3.05, 3.63) is 68.3 Å². The molecule has 0 aliphatic heterocycles. The van der Waals surface area contributed by atoms with Gasteiger partial charge in [-0.1, -0.05) is 18.2 Å². The Hall–Kier alpha value is -3.49. The molecule has 0 aromatic heterocycles. The highest BCUT2D eigenvalue weighted by atomic mass is 16.6. The van der Waals surface area contributed by atoms with Gasteiger partial charge in [0.2, 0.25) is 5.75 Å². The first kappa shape index (κ1) is 14.9. The molecule has 0 saturated carbocycles. The van der Waals surface area contributed by atoms with E-state index in [1.165, 1.54) is 12.1 Å². The van der Waals surface area contributed by atoms with E-state index in [2.05, 4.69) is 0 Å². The predicted molar refractivity (Wildman–Crippen MR) is 72.8 cm³/mol. The molecule has 2 aromatic carbocycles. The molecule has 0 aliphatic carbocycles. The van der Waals surface area contributed by atoms with Crippen molar-refractivity contribution in [2.24, 2.45) is 0 Å². The average Bonchev–Trinajstić information content (AvgIpc) is 2.49. The lowest BCUT2D eigenvalue weighted by atomic mass is 10.2. The molecule has 0 atom stereocenters. The van der Waals surface area contributed by atoms with Gasteiger partial charge in [-0.25, -0.2) is 4.79 Å². The summed E-state index contributed by atoms with van der Waals surface area (Å²) < 4.78 is 4.82. The van der Waals surface area contributed by atoms with E-state index in [-0.39, 0.29) is 5.56 Å². The largest absolute Gasteiger partial charge is 0.499 e. The normalized spacial score (nSPS) is 10.0. The molecule has 0 heterocycles. The number of benzene rings is 2. The molecule has 22 heavy (non-hydrogen) atoms. The van der Waals surface area contributed by atoms with Crippen molar-refractivity contribution < 1.29 is 24.5 Å². The monoisotopic (exact) mass is 304 g/mol. The average molecular weight is 304 g/mol. The van der Waals surface area contributed by atoms with E-state index >= 15 is 0 Å². The van der Waals surface area contributed by atoms with E-state index in [1.54, 1.807) is 18.2 Å². The number of nitro groups is 2. The summed E-state index contributed by atoms with van der Waals surface area (Å²) in [7, 11) is 0. The number of nitrogens with zero attached hydrogens (tertiary/aromatic N) is 2. The molecule has 112 valence electrons. The quantitative estimate of drug-likeness (QED) is 0.397. The number of carbonyl (C=O) groups excluding carboxylic acids is 1. The predicted octanol–water partition coefficient (Wildman–Crippen LogP) is 2.43. The number of phenolic OH excluding ortho intramolecular Hbond substituents is 1. The summed E-state index contributed by atoms with van der Waals surface area (Å²) in [5.74, 6) is -2.53. The topological polar surface area (TPSA) is 133 Å². The van der Waals surface area contributed by atoms with Gasteiger partial charge in [0.1, 0.15) is 0 Å². The molecule has 1 N–H and O–H groups in total. The van der Waals surface area contributed by atoms with Crippen molar-refractivity contribution >= 4 is 17.3 Å². The minimum atomic E-state index is -1.01. The maximum Gasteiger partial charge on any atom is 0.343 e. The smallest absolute Gasteiger partial charge is 0.343 e. The Bertz CT molecular complexity index is 758. The number of nitro benzene ring substituents is 2. The van der Waals surface area contributed by atoms with Gasteiger partial charge in [0.15, 0.2) is 5.75 Å². The van der Waals surface area contributed by atoms with E-state index in [4.69, 9.17) is 4.74 Å². The molecule has 2 aromatic rings. The highest BCUT2D eigenvalue weighted by Crippen LogP contribution is 2.39. The van der Waals surface area contributed by atoms with E-state index in [1.807, 2.05) is 0 Å². The second-order valence-electron chi connectivity index (χ2n) is 4.08. The van der Waals surface area contributed by atoms with Gasteiger partial charge in [-0.15, -0.1) is 0 Å². The van der Waals surface area contributed by atoms with Crippen LogP contribution < -0.4 is 4.74 Å². The van der Waals surface area contributed by atoms with Crippen LogP contribution in [0.3, 0.4) is 0 Å². The van der Waals surface area contributed by atoms with E-state index < -0.39 is 38.7 Å². The van der Waals surface area contributed by atoms with E-state index in [9.17, 15) is 30.1 Å². The zero-order chi connectivity index (χ0) is 16.3. The zero-order valence-electron chi connectivity index (χ0n) is 10.8. The highest BCUT2D eigenvalue weighted by Gasteiger charge is 2.26. The number of phenols is 1. The summed E-state index contributed by atoms with van der Waals surface area (Å²) in [4.78, 5) is 31.5. The number of carbonyl (C=O) groups is 1. The Morgan fingerprint density at radius 2 is 1.68 bits per heavy atom. The minimum Gasteiger partial charge on any atom is -0.499 e. The van der Waals surface area contributed by atoms with Gasteiger partial charge in [-0.3, -0.25) is 20.2 Å². The second-order valence-corrected chi connectivity index (χ2v) is 4.08. The van der Waals surface area contributed by atoms with Crippen LogP contribution in [0.2, 0.25) is 0 Å². The summed E-state index contributed by atoms with van der Waals surface area (Å²) in [6, 6.07) is 8.94. The van der Waals surface area contributed by atoms with E-state index in [0.29, 0.717) is 6.07 Å². The Labute approximate surface area is 122 Å². The number of hydrogen-bond donors (Lipinski definition) is 1. The molecule has 2 rings (SSSR count). The van der Waals surface area contributed by atoms with Gasteiger partial charge in [0.05, 0.1) is 27.5 Å². The van der Waals surface area contributed by atoms with Gasteiger partial charge in [0.25, 0.3) is 5.69 Å². The molecular formula is C13H8N2O7. The molecule has 0 fully saturated rings. The highest BCUT2D eigenvalue weighted by molar-refractivity contribution is 5.91. The lowest BCUT2D eigenvalue weighted by Crippen LogP contribution is -2.09. The van der Waals surface area contributed by atoms with Crippen molar-refractivity contribution in [1.29, 1.82) is 0 Å². The number of rotatable bonds is 4. The van der Waals surface area contributed by atoms with Crippen LogP contribution in [0, 0.1) is 20.2 Å². The SMILES string of the molecule is O=C(Oc1cc([N+](=O)[O-])cc([N+](=O)[O-])c1O)c1ccccc1. The molecule has 0 aliphatic rings. The van der Waals surface area contributed by atoms with Crippen LogP contribution in [0.15, 0.2) is 42.5 Å². The first-order valence-corrected chi connectivity index (χ1v) is 5.83. The van der Waals surface area contributed by atoms with Crippen molar-refractivity contribution in [2.75, 3.05) is 0 Å². The summed E-state index contributed by atoms with van der Waals surface area (Å²) >= 11 is 0. The van der Waals surface area contributed by atoms with Gasteiger partial charge in [-0.2, -0.15) is 0 Å². The van der Waals surface area contributed by atoms with Crippen molar-refractivity contribution in [1.82, 2.24) is 0 Å². The van der Waals surface area contributed by atoms with Gasteiger partial charge in [-0.05, 0) is 12.1 Å². The maximum atomic E-state index is 11.9. The maximum absolute atomic E-state index is 11.9. The molecule has 0 radical (unpaired) electrons. The fraction of sp³-hybridized carbons (Fsp3) is 0. The summed E-state index contributed by atoms with van der Waals surface area (Å²) in [6.07, 6.45) is 0. The first-order valence-electron chi connectivity index (χ1n) is 5.83. The number of ether oxygens (including phenoxy) is 1. The Kier molecular flexibility index (Phi) is 3.98. The van der Waals surface area contributed by atoms with Gasteiger partial charge in [0, 0.05) is 0 Å². The number of non-ortho nitro benzene ring substituents is 1. The third-order valence-corrected chi connectivity index (χ3v) is 2.66. The summed E-state index contributed by atoms with van der Waals surface area (Å²) in [5, 5.41) is 31.3. The van der Waals surface area contributed by atoms with Crippen LogP contribution in [0.25, 0.3) is 0 Å². The van der Waals surface area contributed by atoms with E-state index in [0.717, 1.165) is 6.07 Å². The van der Waals surface area contributed by atoms with Crippen LogP contribution in [0.4, 0.5) is 11.4 Å². The fourth-order valence-electron chi connectivity index (χ4n) is 1.63. The van der Waals surface area contributed by atoms with Crippen molar-refractivity contribution in [2.45, 2.75) is 0 Å². The fourth-order valence-corrected chi connectivity index (χ4v) is 1.63. The zero-order valence-corrected chi connectivity index (χ0v) is 10.8. The minimum absolute atomic E-state index is 0.121. The van der Waals surface area contributed by atoms with Crippen LogP contribution in [0.1, 0.15) is 10.4 Å². The molecule has 0 amide bonds. The lowest BCUT2D eigenvalue weighted by molar-refractivity contribution is -0.394. The van der Waals surface area contributed by atoms with Gasteiger partial charge < -0.3 is 9.84 Å². The molecular weight excluding hydrogens is 296 g/mol. The Balaban J connectivity index is 2.44. The summed E-state index contributed by atoms with van der Waals surface area (Å²) in [5.41, 5.74) is -1.48. The summed E-state index contributed by atoms with van der Waals surface area (Å²) in [6.45, 7) is 0. The van der Waals surface area contributed by atoms with Crippen molar-refractivity contribution in [3.8, 4) is 11.5 Å². The van der Waals surface area contributed by atoms with Crippen LogP contribution in [-0.2, 0) is 0 Å². The van der Waals surface area contributed by atoms with Crippen molar-refractivity contribution in [3.63, 3.8) is 0 Å². The number of aromatic hydroxyl groups is 1. The molecule has 0 bridgehead atoms. The Morgan fingerprint density at radius 1 is 1.05 bits per heavy atom. The molecule has 9 heteroatoms. The molecule has 0 spiro atoms. The van der Waals surface area contributed by atoms with Gasteiger partial charge >= 0.3 is 11.7 Å².